The molecule has 0 aromatic heterocycles. The van der Waals surface area contributed by atoms with Crippen molar-refractivity contribution in [2.24, 2.45) is 5.73 Å². The van der Waals surface area contributed by atoms with E-state index in [1.54, 1.807) is 42.5 Å². The standard InChI is InChI=1S/C26H20N2O4/c27-25(29)19-15-16-21(22(17-19)18-9-3-1-4-10-18)26(30)28(31)23-13-7-8-14-24(23)32-20-11-5-2-6-12-20/h1-17,31H,(H2,27,29). The van der Waals surface area contributed by atoms with Crippen LogP contribution in [0.15, 0.2) is 103 Å². The van der Waals surface area contributed by atoms with Gasteiger partial charge in [0.15, 0.2) is 5.75 Å². The monoisotopic (exact) mass is 424 g/mol. The summed E-state index contributed by atoms with van der Waals surface area (Å²) in [5, 5.41) is 11.4. The summed E-state index contributed by atoms with van der Waals surface area (Å²) in [4.78, 5) is 25.0. The minimum absolute atomic E-state index is 0.180. The van der Waals surface area contributed by atoms with Crippen molar-refractivity contribution in [1.29, 1.82) is 0 Å². The highest BCUT2D eigenvalue weighted by atomic mass is 16.5. The van der Waals surface area contributed by atoms with Crippen LogP contribution in [0.25, 0.3) is 11.1 Å². The van der Waals surface area contributed by atoms with Gasteiger partial charge in [-0.15, -0.1) is 0 Å². The molecule has 32 heavy (non-hydrogen) atoms. The predicted molar refractivity (Wildman–Crippen MR) is 122 cm³/mol. The molecule has 0 fully saturated rings. The summed E-state index contributed by atoms with van der Waals surface area (Å²) in [6.45, 7) is 0. The Balaban J connectivity index is 1.74. The molecule has 6 heteroatoms. The fraction of sp³-hybridized carbons (Fsp3) is 0. The van der Waals surface area contributed by atoms with Gasteiger partial charge in [-0.1, -0.05) is 60.7 Å². The van der Waals surface area contributed by atoms with Gasteiger partial charge in [0.1, 0.15) is 11.4 Å². The lowest BCUT2D eigenvalue weighted by Gasteiger charge is -2.20. The Bertz CT molecular complexity index is 1260. The topological polar surface area (TPSA) is 92.9 Å². The Morgan fingerprint density at radius 2 is 1.41 bits per heavy atom. The van der Waals surface area contributed by atoms with Gasteiger partial charge in [0.2, 0.25) is 5.91 Å². The van der Waals surface area contributed by atoms with Crippen molar-refractivity contribution in [3.63, 3.8) is 0 Å². The van der Waals surface area contributed by atoms with Crippen molar-refractivity contribution in [2.45, 2.75) is 0 Å². The third-order valence-electron chi connectivity index (χ3n) is 4.88. The van der Waals surface area contributed by atoms with Crippen LogP contribution in [0.1, 0.15) is 20.7 Å². The number of ether oxygens (including phenoxy) is 1. The van der Waals surface area contributed by atoms with Gasteiger partial charge in [0.25, 0.3) is 5.91 Å². The molecule has 3 N–H and O–H groups in total. The number of nitrogens with zero attached hydrogens (tertiary/aromatic N) is 1. The molecule has 0 bridgehead atoms. The van der Waals surface area contributed by atoms with Crippen LogP contribution in [0.2, 0.25) is 0 Å². The molecule has 4 rings (SSSR count). The number of primary amides is 1. The van der Waals surface area contributed by atoms with Crippen molar-refractivity contribution in [2.75, 3.05) is 5.06 Å². The summed E-state index contributed by atoms with van der Waals surface area (Å²) in [6, 6.07) is 29.3. The van der Waals surface area contributed by atoms with Gasteiger partial charge in [-0.05, 0) is 53.6 Å². The van der Waals surface area contributed by atoms with E-state index in [1.807, 2.05) is 48.5 Å². The number of hydrogen-bond acceptors (Lipinski definition) is 4. The molecular weight excluding hydrogens is 404 g/mol. The second kappa shape index (κ2) is 9.16. The molecule has 0 atom stereocenters. The number of para-hydroxylation sites is 3. The Hall–Kier alpha value is -4.42. The Labute approximate surface area is 185 Å². The summed E-state index contributed by atoms with van der Waals surface area (Å²) in [6.07, 6.45) is 0. The van der Waals surface area contributed by atoms with Gasteiger partial charge in [-0.3, -0.25) is 14.8 Å². The number of benzene rings is 4. The molecule has 2 amide bonds. The number of carbonyl (C=O) groups excluding carboxylic acids is 2. The summed E-state index contributed by atoms with van der Waals surface area (Å²) in [5.74, 6) is -0.409. The normalized spacial score (nSPS) is 10.4. The average Bonchev–Trinajstić information content (AvgIpc) is 2.84. The molecule has 0 spiro atoms. The molecule has 0 aliphatic heterocycles. The summed E-state index contributed by atoms with van der Waals surface area (Å²) >= 11 is 0. The second-order valence-corrected chi connectivity index (χ2v) is 6.99. The van der Waals surface area contributed by atoms with Crippen LogP contribution in [0.5, 0.6) is 11.5 Å². The summed E-state index contributed by atoms with van der Waals surface area (Å²) < 4.78 is 5.87. The number of anilines is 1. The Morgan fingerprint density at radius 3 is 2.09 bits per heavy atom. The number of hydroxylamine groups is 1. The summed E-state index contributed by atoms with van der Waals surface area (Å²) in [7, 11) is 0. The van der Waals surface area contributed by atoms with Gasteiger partial charge in [0.05, 0.1) is 5.56 Å². The van der Waals surface area contributed by atoms with E-state index in [2.05, 4.69) is 0 Å². The molecule has 0 heterocycles. The number of carbonyl (C=O) groups is 2. The fourth-order valence-corrected chi connectivity index (χ4v) is 3.30. The maximum atomic E-state index is 13.3. The third-order valence-corrected chi connectivity index (χ3v) is 4.88. The highest BCUT2D eigenvalue weighted by Crippen LogP contribution is 2.33. The first-order chi connectivity index (χ1) is 15.5. The van der Waals surface area contributed by atoms with E-state index >= 15 is 0 Å². The second-order valence-electron chi connectivity index (χ2n) is 6.99. The van der Waals surface area contributed by atoms with Crippen LogP contribution in [-0.4, -0.2) is 17.0 Å². The number of nitrogens with two attached hydrogens (primary N) is 1. The molecule has 4 aromatic carbocycles. The molecule has 6 nitrogen and oxygen atoms in total. The van der Waals surface area contributed by atoms with Gasteiger partial charge in [-0.2, -0.15) is 5.06 Å². The van der Waals surface area contributed by atoms with Crippen molar-refractivity contribution in [1.82, 2.24) is 0 Å². The van der Waals surface area contributed by atoms with Crippen LogP contribution in [0.3, 0.4) is 0 Å². The van der Waals surface area contributed by atoms with Crippen LogP contribution in [0.4, 0.5) is 5.69 Å². The molecule has 0 saturated heterocycles. The van der Waals surface area contributed by atoms with E-state index in [1.165, 1.54) is 12.1 Å². The van der Waals surface area contributed by atoms with Crippen molar-refractivity contribution in [3.8, 4) is 22.6 Å². The van der Waals surface area contributed by atoms with Crippen LogP contribution in [-0.2, 0) is 0 Å². The minimum Gasteiger partial charge on any atom is -0.455 e. The lowest BCUT2D eigenvalue weighted by atomic mass is 9.96. The fourth-order valence-electron chi connectivity index (χ4n) is 3.30. The van der Waals surface area contributed by atoms with E-state index in [-0.39, 0.29) is 16.8 Å². The Kier molecular flexibility index (Phi) is 5.96. The van der Waals surface area contributed by atoms with Gasteiger partial charge in [0, 0.05) is 5.56 Å². The van der Waals surface area contributed by atoms with E-state index in [9.17, 15) is 14.8 Å². The average molecular weight is 424 g/mol. The molecule has 4 aromatic rings. The highest BCUT2D eigenvalue weighted by Gasteiger charge is 2.23. The maximum absolute atomic E-state index is 13.3. The molecule has 0 aliphatic carbocycles. The molecule has 0 radical (unpaired) electrons. The van der Waals surface area contributed by atoms with Crippen LogP contribution < -0.4 is 15.5 Å². The van der Waals surface area contributed by atoms with Gasteiger partial charge in [-0.25, -0.2) is 0 Å². The van der Waals surface area contributed by atoms with Crippen LogP contribution in [0, 0.1) is 0 Å². The quantitative estimate of drug-likeness (QED) is 0.325. The lowest BCUT2D eigenvalue weighted by molar-refractivity contribution is 0.0853. The molecule has 0 saturated carbocycles. The summed E-state index contributed by atoms with van der Waals surface area (Å²) in [5.41, 5.74) is 7.27. The van der Waals surface area contributed by atoms with Crippen LogP contribution >= 0.6 is 0 Å². The highest BCUT2D eigenvalue weighted by molar-refractivity contribution is 6.10. The van der Waals surface area contributed by atoms with E-state index in [0.29, 0.717) is 27.7 Å². The molecule has 158 valence electrons. The predicted octanol–water partition coefficient (Wildman–Crippen LogP) is 5.28. The number of hydrogen-bond donors (Lipinski definition) is 2. The first-order valence-electron chi connectivity index (χ1n) is 9.89. The SMILES string of the molecule is NC(=O)c1ccc(C(=O)N(O)c2ccccc2Oc2ccccc2)c(-c2ccccc2)c1. The first kappa shape index (κ1) is 20.8. The number of amides is 2. The van der Waals surface area contributed by atoms with Gasteiger partial charge < -0.3 is 10.5 Å². The third kappa shape index (κ3) is 4.35. The molecule has 0 aliphatic rings. The zero-order chi connectivity index (χ0) is 22.5. The zero-order valence-electron chi connectivity index (χ0n) is 17.0. The molecular formula is C26H20N2O4. The van der Waals surface area contributed by atoms with Crippen molar-refractivity contribution < 1.29 is 19.5 Å². The minimum atomic E-state index is -0.677. The Morgan fingerprint density at radius 1 is 0.781 bits per heavy atom. The number of rotatable bonds is 6. The zero-order valence-corrected chi connectivity index (χ0v) is 17.0. The van der Waals surface area contributed by atoms with Gasteiger partial charge >= 0.3 is 0 Å². The van der Waals surface area contributed by atoms with E-state index in [4.69, 9.17) is 10.5 Å². The van der Waals surface area contributed by atoms with E-state index in [0.717, 1.165) is 0 Å². The first-order valence-corrected chi connectivity index (χ1v) is 9.89. The smallest absolute Gasteiger partial charge is 0.282 e. The van der Waals surface area contributed by atoms with E-state index < -0.39 is 11.8 Å². The maximum Gasteiger partial charge on any atom is 0.282 e. The van der Waals surface area contributed by atoms with Crippen molar-refractivity contribution in [3.05, 3.63) is 114 Å². The van der Waals surface area contributed by atoms with Crippen molar-refractivity contribution >= 4 is 17.5 Å². The largest absolute Gasteiger partial charge is 0.455 e. The lowest BCUT2D eigenvalue weighted by Crippen LogP contribution is -2.28. The molecule has 0 unspecified atom stereocenters.